The standard InChI is InChI=1S/C19H20ClN3O4/c1-13(19(25)21-2)22(12-14-6-5-8-16(20)10-14)18(24)11-15-7-3-4-9-17(15)23(26)27/h3-10,13H,11-12H2,1-2H3,(H,21,25). The molecule has 0 saturated heterocycles. The summed E-state index contributed by atoms with van der Waals surface area (Å²) in [6.45, 7) is 1.77. The van der Waals surface area contributed by atoms with Crippen molar-refractivity contribution in [2.75, 3.05) is 7.05 Å². The Morgan fingerprint density at radius 1 is 1.22 bits per heavy atom. The number of nitrogens with zero attached hydrogens (tertiary/aromatic N) is 2. The van der Waals surface area contributed by atoms with E-state index in [1.54, 1.807) is 43.3 Å². The Morgan fingerprint density at radius 3 is 2.56 bits per heavy atom. The van der Waals surface area contributed by atoms with E-state index in [9.17, 15) is 19.7 Å². The average molecular weight is 390 g/mol. The van der Waals surface area contributed by atoms with Gasteiger partial charge in [0.1, 0.15) is 6.04 Å². The molecular formula is C19H20ClN3O4. The van der Waals surface area contributed by atoms with Crippen molar-refractivity contribution >= 4 is 29.1 Å². The molecule has 2 aromatic rings. The molecule has 1 N–H and O–H groups in total. The Hall–Kier alpha value is -2.93. The number of nitro benzene ring substituents is 1. The summed E-state index contributed by atoms with van der Waals surface area (Å²) in [5, 5.41) is 14.2. The summed E-state index contributed by atoms with van der Waals surface area (Å²) in [4.78, 5) is 37.1. The van der Waals surface area contributed by atoms with Crippen LogP contribution in [0.15, 0.2) is 48.5 Å². The smallest absolute Gasteiger partial charge is 0.273 e. The first-order valence-corrected chi connectivity index (χ1v) is 8.69. The van der Waals surface area contributed by atoms with Gasteiger partial charge in [-0.05, 0) is 24.6 Å². The lowest BCUT2D eigenvalue weighted by Crippen LogP contribution is -2.47. The van der Waals surface area contributed by atoms with Gasteiger partial charge in [0.05, 0.1) is 11.3 Å². The number of halogens is 1. The third kappa shape index (κ3) is 5.27. The molecule has 0 bridgehead atoms. The number of likely N-dealkylation sites (N-methyl/N-ethyl adjacent to an activating group) is 1. The van der Waals surface area contributed by atoms with Gasteiger partial charge in [-0.15, -0.1) is 0 Å². The van der Waals surface area contributed by atoms with E-state index in [4.69, 9.17) is 11.6 Å². The topological polar surface area (TPSA) is 92.6 Å². The van der Waals surface area contributed by atoms with Crippen molar-refractivity contribution in [3.05, 3.63) is 74.8 Å². The number of carbonyl (C=O) groups is 2. The van der Waals surface area contributed by atoms with Gasteiger partial charge in [-0.1, -0.05) is 41.9 Å². The van der Waals surface area contributed by atoms with E-state index in [1.165, 1.54) is 24.1 Å². The minimum Gasteiger partial charge on any atom is -0.357 e. The monoisotopic (exact) mass is 389 g/mol. The Labute approximate surface area is 162 Å². The second kappa shape index (κ2) is 9.14. The van der Waals surface area contributed by atoms with Crippen molar-refractivity contribution in [3.63, 3.8) is 0 Å². The number of hydrogen-bond donors (Lipinski definition) is 1. The molecule has 2 aromatic carbocycles. The van der Waals surface area contributed by atoms with Crippen molar-refractivity contribution < 1.29 is 14.5 Å². The van der Waals surface area contributed by atoms with Gasteiger partial charge >= 0.3 is 0 Å². The van der Waals surface area contributed by atoms with Crippen LogP contribution in [-0.2, 0) is 22.6 Å². The molecule has 0 spiro atoms. The van der Waals surface area contributed by atoms with Crippen LogP contribution in [0, 0.1) is 10.1 Å². The fourth-order valence-electron chi connectivity index (χ4n) is 2.73. The molecule has 142 valence electrons. The minimum atomic E-state index is -0.746. The maximum absolute atomic E-state index is 12.9. The zero-order chi connectivity index (χ0) is 20.0. The maximum Gasteiger partial charge on any atom is 0.273 e. The van der Waals surface area contributed by atoms with Gasteiger partial charge in [-0.2, -0.15) is 0 Å². The van der Waals surface area contributed by atoms with E-state index >= 15 is 0 Å². The molecule has 1 unspecified atom stereocenters. The third-order valence-electron chi connectivity index (χ3n) is 4.19. The first-order chi connectivity index (χ1) is 12.8. The predicted octanol–water partition coefficient (Wildman–Crippen LogP) is 2.95. The number of nitro groups is 1. The molecule has 1 atom stereocenters. The largest absolute Gasteiger partial charge is 0.357 e. The van der Waals surface area contributed by atoms with Gasteiger partial charge in [-0.25, -0.2) is 0 Å². The fourth-order valence-corrected chi connectivity index (χ4v) is 2.94. The first kappa shape index (κ1) is 20.4. The van der Waals surface area contributed by atoms with E-state index in [0.29, 0.717) is 10.6 Å². The fraction of sp³-hybridized carbons (Fsp3) is 0.263. The van der Waals surface area contributed by atoms with Crippen molar-refractivity contribution in [3.8, 4) is 0 Å². The summed E-state index contributed by atoms with van der Waals surface area (Å²) >= 11 is 6.00. The highest BCUT2D eigenvalue weighted by Crippen LogP contribution is 2.21. The summed E-state index contributed by atoms with van der Waals surface area (Å²) in [5.41, 5.74) is 0.933. The summed E-state index contributed by atoms with van der Waals surface area (Å²) in [5.74, 6) is -0.715. The van der Waals surface area contributed by atoms with Gasteiger partial charge < -0.3 is 10.2 Å². The zero-order valence-electron chi connectivity index (χ0n) is 15.0. The summed E-state index contributed by atoms with van der Waals surface area (Å²) < 4.78 is 0. The number of hydrogen-bond acceptors (Lipinski definition) is 4. The summed E-state index contributed by atoms with van der Waals surface area (Å²) in [6, 6.07) is 12.3. The average Bonchev–Trinajstić information content (AvgIpc) is 2.65. The van der Waals surface area contributed by atoms with Crippen LogP contribution in [0.3, 0.4) is 0 Å². The SMILES string of the molecule is CNC(=O)C(C)N(Cc1cccc(Cl)c1)C(=O)Cc1ccccc1[N+](=O)[O-]. The van der Waals surface area contributed by atoms with Crippen molar-refractivity contribution in [1.82, 2.24) is 10.2 Å². The molecule has 0 saturated carbocycles. The zero-order valence-corrected chi connectivity index (χ0v) is 15.8. The Kier molecular flexibility index (Phi) is 6.90. The van der Waals surface area contributed by atoms with E-state index in [-0.39, 0.29) is 30.5 Å². The van der Waals surface area contributed by atoms with Crippen molar-refractivity contribution in [2.45, 2.75) is 25.9 Å². The molecule has 27 heavy (non-hydrogen) atoms. The molecule has 0 fully saturated rings. The van der Waals surface area contributed by atoms with Gasteiger partial charge in [0.2, 0.25) is 11.8 Å². The van der Waals surface area contributed by atoms with Crippen LogP contribution in [0.25, 0.3) is 0 Å². The highest BCUT2D eigenvalue weighted by molar-refractivity contribution is 6.30. The third-order valence-corrected chi connectivity index (χ3v) is 4.42. The van der Waals surface area contributed by atoms with Crippen LogP contribution in [0.4, 0.5) is 5.69 Å². The number of benzene rings is 2. The van der Waals surface area contributed by atoms with Crippen LogP contribution in [-0.4, -0.2) is 34.7 Å². The van der Waals surface area contributed by atoms with Gasteiger partial charge in [0, 0.05) is 30.2 Å². The molecule has 0 aromatic heterocycles. The number of nitrogens with one attached hydrogen (secondary N) is 1. The normalized spacial score (nSPS) is 11.5. The lowest BCUT2D eigenvalue weighted by atomic mass is 10.1. The van der Waals surface area contributed by atoms with E-state index in [1.807, 2.05) is 0 Å². The van der Waals surface area contributed by atoms with Crippen LogP contribution >= 0.6 is 11.6 Å². The summed E-state index contributed by atoms with van der Waals surface area (Å²) in [7, 11) is 1.49. The Balaban J connectivity index is 2.31. The van der Waals surface area contributed by atoms with Gasteiger partial charge in [0.15, 0.2) is 0 Å². The quantitative estimate of drug-likeness (QED) is 0.582. The number of carbonyl (C=O) groups excluding carboxylic acids is 2. The van der Waals surface area contributed by atoms with Crippen molar-refractivity contribution in [2.24, 2.45) is 0 Å². The van der Waals surface area contributed by atoms with Crippen molar-refractivity contribution in [1.29, 1.82) is 0 Å². The van der Waals surface area contributed by atoms with Crippen LogP contribution < -0.4 is 5.32 Å². The van der Waals surface area contributed by atoms with Crippen LogP contribution in [0.5, 0.6) is 0 Å². The molecule has 0 aliphatic carbocycles. The van der Waals surface area contributed by atoms with Crippen LogP contribution in [0.1, 0.15) is 18.1 Å². The minimum absolute atomic E-state index is 0.124. The molecule has 0 heterocycles. The van der Waals surface area contributed by atoms with Crippen LogP contribution in [0.2, 0.25) is 5.02 Å². The highest BCUT2D eigenvalue weighted by Gasteiger charge is 2.27. The molecule has 0 aliphatic heterocycles. The molecular weight excluding hydrogens is 370 g/mol. The Bertz CT molecular complexity index is 856. The number of amides is 2. The molecule has 8 heteroatoms. The van der Waals surface area contributed by atoms with Gasteiger partial charge in [-0.3, -0.25) is 19.7 Å². The molecule has 7 nitrogen and oxygen atoms in total. The molecule has 0 radical (unpaired) electrons. The van der Waals surface area contributed by atoms with E-state index < -0.39 is 11.0 Å². The highest BCUT2D eigenvalue weighted by atomic mass is 35.5. The second-order valence-corrected chi connectivity index (χ2v) is 6.44. The summed E-state index contributed by atoms with van der Waals surface area (Å²) in [6.07, 6.45) is -0.181. The molecule has 2 rings (SSSR count). The van der Waals surface area contributed by atoms with E-state index in [0.717, 1.165) is 5.56 Å². The molecule has 2 amide bonds. The second-order valence-electron chi connectivity index (χ2n) is 6.00. The lowest BCUT2D eigenvalue weighted by molar-refractivity contribution is -0.385. The predicted molar refractivity (Wildman–Crippen MR) is 102 cm³/mol. The molecule has 0 aliphatic rings. The maximum atomic E-state index is 12.9. The first-order valence-electron chi connectivity index (χ1n) is 8.31. The van der Waals surface area contributed by atoms with Gasteiger partial charge in [0.25, 0.3) is 5.69 Å². The Morgan fingerprint density at radius 2 is 1.93 bits per heavy atom. The van der Waals surface area contributed by atoms with E-state index in [2.05, 4.69) is 5.32 Å². The number of rotatable bonds is 7. The number of para-hydroxylation sites is 1. The lowest BCUT2D eigenvalue weighted by Gasteiger charge is -2.28.